The van der Waals surface area contributed by atoms with Gasteiger partial charge in [-0.1, -0.05) is 65.5 Å². The summed E-state index contributed by atoms with van der Waals surface area (Å²) in [7, 11) is 0. The Hall–Kier alpha value is -0.340. The van der Waals surface area contributed by atoms with Crippen LogP contribution < -0.4 is 0 Å². The molecule has 0 aromatic carbocycles. The van der Waals surface area contributed by atoms with Gasteiger partial charge in [-0.3, -0.25) is 0 Å². The first-order valence-corrected chi connectivity index (χ1v) is 12.6. The Morgan fingerprint density at radius 2 is 1.76 bits per heavy atom. The van der Waals surface area contributed by atoms with Crippen molar-refractivity contribution in [3.63, 3.8) is 0 Å². The molecule has 4 aliphatic carbocycles. The summed E-state index contributed by atoms with van der Waals surface area (Å²) in [5.74, 6) is 5.46. The summed E-state index contributed by atoms with van der Waals surface area (Å²) in [6.07, 6.45) is 17.2. The summed E-state index contributed by atoms with van der Waals surface area (Å²) >= 11 is 0. The predicted molar refractivity (Wildman–Crippen MR) is 123 cm³/mol. The van der Waals surface area contributed by atoms with Gasteiger partial charge in [0.1, 0.15) is 0 Å². The maximum Gasteiger partial charge on any atom is 0.0577 e. The van der Waals surface area contributed by atoms with E-state index in [0.717, 1.165) is 48.3 Å². The van der Waals surface area contributed by atoms with Crippen molar-refractivity contribution in [2.24, 2.45) is 46.3 Å². The van der Waals surface area contributed by atoms with Crippen LogP contribution >= 0.6 is 0 Å². The van der Waals surface area contributed by atoms with Crippen molar-refractivity contribution in [2.75, 3.05) is 0 Å². The zero-order valence-corrected chi connectivity index (χ0v) is 19.8. The normalized spacial score (nSPS) is 44.9. The third-order valence-corrected chi connectivity index (χ3v) is 10.3. The molecule has 3 N–H and O–H groups in total. The quantitative estimate of drug-likeness (QED) is 0.518. The third-order valence-electron chi connectivity index (χ3n) is 10.3. The molecule has 0 unspecified atom stereocenters. The standard InChI is InChI=1S/C27H46O.H2O/c1-18(2)7-6-8-19(3)23-11-12-24-22-10-9-20-17-21(28)13-15-26(20,4)25(22)14-16-27(23,24)5;/h9,18-19,21-25,28H,6-8,10-17H2,1-5H3;1H2/t19-,21+,22+,23-,24+,25+,26+,27-;/m1./s1. The highest BCUT2D eigenvalue weighted by Crippen LogP contribution is 2.67. The molecule has 0 radical (unpaired) electrons. The molecule has 0 aliphatic heterocycles. The van der Waals surface area contributed by atoms with Crippen LogP contribution in [0, 0.1) is 46.3 Å². The smallest absolute Gasteiger partial charge is 0.0577 e. The highest BCUT2D eigenvalue weighted by atomic mass is 16.3. The first-order valence-electron chi connectivity index (χ1n) is 12.6. The Morgan fingerprint density at radius 1 is 1.00 bits per heavy atom. The molecule has 2 heteroatoms. The van der Waals surface area contributed by atoms with Gasteiger partial charge in [-0.2, -0.15) is 0 Å². The van der Waals surface area contributed by atoms with Crippen molar-refractivity contribution < 1.29 is 10.6 Å². The van der Waals surface area contributed by atoms with Crippen molar-refractivity contribution in [3.05, 3.63) is 11.6 Å². The second-order valence-corrected chi connectivity index (χ2v) is 12.2. The molecule has 0 amide bonds. The van der Waals surface area contributed by atoms with Crippen LogP contribution in [0.15, 0.2) is 11.6 Å². The number of allylic oxidation sites excluding steroid dienone is 1. The maximum absolute atomic E-state index is 10.2. The summed E-state index contributed by atoms with van der Waals surface area (Å²) in [6, 6.07) is 0. The fourth-order valence-electron chi connectivity index (χ4n) is 8.67. The average Bonchev–Trinajstić information content (AvgIpc) is 2.99. The van der Waals surface area contributed by atoms with Gasteiger partial charge in [-0.05, 0) is 97.7 Å². The van der Waals surface area contributed by atoms with Crippen LogP contribution in [0.5, 0.6) is 0 Å². The van der Waals surface area contributed by atoms with E-state index in [1.807, 2.05) is 0 Å². The van der Waals surface area contributed by atoms with Crippen LogP contribution in [-0.2, 0) is 0 Å². The minimum absolute atomic E-state index is 0. The van der Waals surface area contributed by atoms with Crippen LogP contribution in [-0.4, -0.2) is 16.7 Å². The lowest BCUT2D eigenvalue weighted by Crippen LogP contribution is -2.50. The lowest BCUT2D eigenvalue weighted by molar-refractivity contribution is -0.0573. The monoisotopic (exact) mass is 404 g/mol. The first kappa shape index (κ1) is 23.3. The summed E-state index contributed by atoms with van der Waals surface area (Å²) in [5, 5.41) is 10.2. The molecule has 0 spiro atoms. The molecule has 4 rings (SSSR count). The molecule has 0 saturated heterocycles. The Balaban J connectivity index is 0.00000240. The van der Waals surface area contributed by atoms with E-state index in [-0.39, 0.29) is 11.6 Å². The molecule has 29 heavy (non-hydrogen) atoms. The van der Waals surface area contributed by atoms with E-state index in [2.05, 4.69) is 40.7 Å². The van der Waals surface area contributed by atoms with E-state index in [4.69, 9.17) is 0 Å². The highest BCUT2D eigenvalue weighted by Gasteiger charge is 2.59. The predicted octanol–water partition coefficient (Wildman–Crippen LogP) is 6.56. The molecule has 0 bridgehead atoms. The van der Waals surface area contributed by atoms with Gasteiger partial charge in [-0.15, -0.1) is 0 Å². The zero-order chi connectivity index (χ0) is 20.1. The Bertz CT molecular complexity index is 595. The van der Waals surface area contributed by atoms with Crippen LogP contribution in [0.2, 0.25) is 0 Å². The lowest BCUT2D eigenvalue weighted by Gasteiger charge is -2.58. The number of aliphatic hydroxyl groups is 1. The van der Waals surface area contributed by atoms with Crippen molar-refractivity contribution in [1.82, 2.24) is 0 Å². The molecule has 3 saturated carbocycles. The van der Waals surface area contributed by atoms with Crippen molar-refractivity contribution in [2.45, 2.75) is 111 Å². The Labute approximate surface area is 180 Å². The maximum atomic E-state index is 10.2. The van der Waals surface area contributed by atoms with Crippen LogP contribution in [0.3, 0.4) is 0 Å². The lowest BCUT2D eigenvalue weighted by atomic mass is 9.47. The molecule has 2 nitrogen and oxygen atoms in total. The van der Waals surface area contributed by atoms with Gasteiger partial charge in [0, 0.05) is 0 Å². The Morgan fingerprint density at radius 3 is 2.48 bits per heavy atom. The molecular formula is C27H48O2. The Kier molecular flexibility index (Phi) is 6.96. The minimum Gasteiger partial charge on any atom is -0.412 e. The van der Waals surface area contributed by atoms with Gasteiger partial charge < -0.3 is 10.6 Å². The van der Waals surface area contributed by atoms with Gasteiger partial charge in [0.2, 0.25) is 0 Å². The van der Waals surface area contributed by atoms with Crippen LogP contribution in [0.25, 0.3) is 0 Å². The van der Waals surface area contributed by atoms with E-state index in [9.17, 15) is 5.11 Å². The summed E-state index contributed by atoms with van der Waals surface area (Å²) in [5.41, 5.74) is 2.60. The largest absolute Gasteiger partial charge is 0.412 e. The van der Waals surface area contributed by atoms with Crippen LogP contribution in [0.4, 0.5) is 0 Å². The number of fused-ring (bicyclic) bond motifs is 5. The zero-order valence-electron chi connectivity index (χ0n) is 19.8. The topological polar surface area (TPSA) is 51.7 Å². The summed E-state index contributed by atoms with van der Waals surface area (Å²) < 4.78 is 0. The van der Waals surface area contributed by atoms with Crippen molar-refractivity contribution in [3.8, 4) is 0 Å². The second-order valence-electron chi connectivity index (χ2n) is 12.2. The average molecular weight is 405 g/mol. The fraction of sp³-hybridized carbons (Fsp3) is 0.926. The van der Waals surface area contributed by atoms with E-state index >= 15 is 0 Å². The van der Waals surface area contributed by atoms with Gasteiger partial charge in [-0.25, -0.2) is 0 Å². The van der Waals surface area contributed by atoms with E-state index in [0.29, 0.717) is 10.8 Å². The number of hydrogen-bond donors (Lipinski definition) is 1. The van der Waals surface area contributed by atoms with Gasteiger partial charge in [0.25, 0.3) is 0 Å². The molecule has 3 fully saturated rings. The summed E-state index contributed by atoms with van der Waals surface area (Å²) in [6.45, 7) is 12.6. The number of hydrogen-bond acceptors (Lipinski definition) is 1. The van der Waals surface area contributed by atoms with Gasteiger partial charge in [0.15, 0.2) is 0 Å². The third kappa shape index (κ3) is 3.98. The summed E-state index contributed by atoms with van der Waals surface area (Å²) in [4.78, 5) is 0. The van der Waals surface area contributed by atoms with Crippen LogP contribution in [0.1, 0.15) is 105 Å². The van der Waals surface area contributed by atoms with E-state index < -0.39 is 0 Å². The van der Waals surface area contributed by atoms with Crippen molar-refractivity contribution in [1.29, 1.82) is 0 Å². The molecule has 8 atom stereocenters. The molecule has 168 valence electrons. The van der Waals surface area contributed by atoms with Gasteiger partial charge >= 0.3 is 0 Å². The van der Waals surface area contributed by atoms with Gasteiger partial charge in [0.05, 0.1) is 6.10 Å². The fourth-order valence-corrected chi connectivity index (χ4v) is 8.67. The minimum atomic E-state index is -0.0766. The number of rotatable bonds is 5. The molecule has 0 aromatic rings. The highest BCUT2D eigenvalue weighted by molar-refractivity contribution is 5.25. The SMILES string of the molecule is CC(C)CCC[C@@H](C)[C@H]1CC[C@H]2[C@@H]3CC=C4C[C@@H](O)CC[C@]4(C)[C@H]3CC[C@]12C.O. The first-order chi connectivity index (χ1) is 13.3. The molecule has 0 heterocycles. The van der Waals surface area contributed by atoms with E-state index in [1.54, 1.807) is 5.57 Å². The van der Waals surface area contributed by atoms with E-state index in [1.165, 1.54) is 57.8 Å². The number of aliphatic hydroxyl groups excluding tert-OH is 1. The molecular weight excluding hydrogens is 356 g/mol. The van der Waals surface area contributed by atoms with Crippen molar-refractivity contribution >= 4 is 0 Å². The molecule has 0 aromatic heterocycles. The second kappa shape index (κ2) is 8.65. The molecule has 4 aliphatic rings.